The lowest BCUT2D eigenvalue weighted by Crippen LogP contribution is -2.36. The van der Waals surface area contributed by atoms with Gasteiger partial charge in [-0.3, -0.25) is 9.59 Å². The molecule has 0 aliphatic carbocycles. The van der Waals surface area contributed by atoms with Crippen LogP contribution in [0.1, 0.15) is 23.1 Å². The standard InChI is InChI=1S/C21H19F5N2O2/c22-17-7-3-5-14(20(17)23)12-19(30)27-9-8-18(29)28(11-10-27)13-15-4-1-2-6-16(15)21(24,25)26/h1-7H,8-13H2. The van der Waals surface area contributed by atoms with Gasteiger partial charge in [0.1, 0.15) is 0 Å². The van der Waals surface area contributed by atoms with Crippen molar-refractivity contribution in [3.05, 3.63) is 70.8 Å². The first-order valence-electron chi connectivity index (χ1n) is 9.30. The fourth-order valence-corrected chi connectivity index (χ4v) is 3.38. The molecule has 0 radical (unpaired) electrons. The third-order valence-electron chi connectivity index (χ3n) is 5.00. The molecule has 1 saturated heterocycles. The van der Waals surface area contributed by atoms with Gasteiger partial charge in [-0.25, -0.2) is 8.78 Å². The Hall–Kier alpha value is -2.97. The van der Waals surface area contributed by atoms with Crippen LogP contribution in [0.4, 0.5) is 22.0 Å². The number of amides is 2. The number of carbonyl (C=O) groups is 2. The zero-order valence-electron chi connectivity index (χ0n) is 15.9. The van der Waals surface area contributed by atoms with E-state index in [1.807, 2.05) is 0 Å². The zero-order chi connectivity index (χ0) is 21.9. The highest BCUT2D eigenvalue weighted by Gasteiger charge is 2.34. The maximum atomic E-state index is 13.8. The number of nitrogens with zero attached hydrogens (tertiary/aromatic N) is 2. The van der Waals surface area contributed by atoms with E-state index in [4.69, 9.17) is 0 Å². The molecule has 1 aliphatic rings. The largest absolute Gasteiger partial charge is 0.416 e. The molecule has 0 saturated carbocycles. The van der Waals surface area contributed by atoms with Crippen molar-refractivity contribution in [1.29, 1.82) is 0 Å². The molecule has 0 aromatic heterocycles. The van der Waals surface area contributed by atoms with Gasteiger partial charge < -0.3 is 9.80 Å². The molecule has 2 aromatic carbocycles. The molecule has 1 aliphatic heterocycles. The Kier molecular flexibility index (Phi) is 6.38. The second kappa shape index (κ2) is 8.81. The van der Waals surface area contributed by atoms with Crippen LogP contribution >= 0.6 is 0 Å². The molecule has 4 nitrogen and oxygen atoms in total. The minimum atomic E-state index is -4.54. The molecule has 160 valence electrons. The summed E-state index contributed by atoms with van der Waals surface area (Å²) in [6, 6.07) is 8.58. The summed E-state index contributed by atoms with van der Waals surface area (Å²) in [5, 5.41) is 0. The molecule has 1 fully saturated rings. The molecule has 30 heavy (non-hydrogen) atoms. The van der Waals surface area contributed by atoms with Crippen LogP contribution in [0.5, 0.6) is 0 Å². The Bertz CT molecular complexity index is 945. The van der Waals surface area contributed by atoms with Crippen molar-refractivity contribution in [2.45, 2.75) is 25.6 Å². The van der Waals surface area contributed by atoms with Gasteiger partial charge in [-0.05, 0) is 17.7 Å². The van der Waals surface area contributed by atoms with Gasteiger partial charge in [-0.2, -0.15) is 13.2 Å². The second-order valence-corrected chi connectivity index (χ2v) is 6.99. The van der Waals surface area contributed by atoms with Crippen molar-refractivity contribution in [1.82, 2.24) is 9.80 Å². The number of benzene rings is 2. The van der Waals surface area contributed by atoms with Crippen molar-refractivity contribution in [2.24, 2.45) is 0 Å². The number of carbonyl (C=O) groups excluding carboxylic acids is 2. The van der Waals surface area contributed by atoms with Crippen LogP contribution in [0.15, 0.2) is 42.5 Å². The fourth-order valence-electron chi connectivity index (χ4n) is 3.38. The monoisotopic (exact) mass is 426 g/mol. The van der Waals surface area contributed by atoms with E-state index in [1.54, 1.807) is 0 Å². The maximum Gasteiger partial charge on any atom is 0.416 e. The van der Waals surface area contributed by atoms with Gasteiger partial charge >= 0.3 is 6.18 Å². The molecular weight excluding hydrogens is 407 g/mol. The molecule has 0 unspecified atom stereocenters. The van der Waals surface area contributed by atoms with E-state index >= 15 is 0 Å². The maximum absolute atomic E-state index is 13.8. The quantitative estimate of drug-likeness (QED) is 0.699. The normalized spacial score (nSPS) is 15.3. The van der Waals surface area contributed by atoms with Crippen LogP contribution < -0.4 is 0 Å². The first-order valence-corrected chi connectivity index (χ1v) is 9.30. The minimum Gasteiger partial charge on any atom is -0.340 e. The van der Waals surface area contributed by atoms with Gasteiger partial charge in [0.15, 0.2) is 11.6 Å². The van der Waals surface area contributed by atoms with E-state index in [9.17, 15) is 31.5 Å². The summed E-state index contributed by atoms with van der Waals surface area (Å²) in [7, 11) is 0. The fraction of sp³-hybridized carbons (Fsp3) is 0.333. The van der Waals surface area contributed by atoms with Crippen molar-refractivity contribution in [3.63, 3.8) is 0 Å². The Morgan fingerprint density at radius 1 is 0.933 bits per heavy atom. The molecule has 9 heteroatoms. The van der Waals surface area contributed by atoms with Gasteiger partial charge in [-0.1, -0.05) is 30.3 Å². The summed E-state index contributed by atoms with van der Waals surface area (Å²) in [6.45, 7) is -0.0286. The average Bonchev–Trinajstić information content (AvgIpc) is 2.87. The molecule has 3 rings (SSSR count). The topological polar surface area (TPSA) is 40.6 Å². The van der Waals surface area contributed by atoms with E-state index in [1.165, 1.54) is 40.1 Å². The summed E-state index contributed by atoms with van der Waals surface area (Å²) >= 11 is 0. The highest BCUT2D eigenvalue weighted by Crippen LogP contribution is 2.32. The van der Waals surface area contributed by atoms with Crippen LogP contribution in [0.2, 0.25) is 0 Å². The van der Waals surface area contributed by atoms with E-state index in [0.29, 0.717) is 0 Å². The summed E-state index contributed by atoms with van der Waals surface area (Å²) in [4.78, 5) is 27.5. The lowest BCUT2D eigenvalue weighted by Gasteiger charge is -2.24. The summed E-state index contributed by atoms with van der Waals surface area (Å²) in [6.07, 6.45) is -4.97. The number of rotatable bonds is 4. The van der Waals surface area contributed by atoms with E-state index < -0.39 is 29.3 Å². The number of alkyl halides is 3. The highest BCUT2D eigenvalue weighted by molar-refractivity contribution is 5.81. The SMILES string of the molecule is O=C(Cc1cccc(F)c1F)N1CCC(=O)N(Cc2ccccc2C(F)(F)F)CC1. The Labute approximate surface area is 169 Å². The smallest absolute Gasteiger partial charge is 0.340 e. The van der Waals surface area contributed by atoms with Gasteiger partial charge in [-0.15, -0.1) is 0 Å². The van der Waals surface area contributed by atoms with Crippen molar-refractivity contribution >= 4 is 11.8 Å². The number of halogens is 5. The van der Waals surface area contributed by atoms with E-state index in [0.717, 1.165) is 12.1 Å². The first-order chi connectivity index (χ1) is 14.2. The first kappa shape index (κ1) is 21.7. The van der Waals surface area contributed by atoms with Crippen LogP contribution in [0.25, 0.3) is 0 Å². The van der Waals surface area contributed by atoms with E-state index in [-0.39, 0.29) is 56.1 Å². The third-order valence-corrected chi connectivity index (χ3v) is 5.00. The Morgan fingerprint density at radius 3 is 2.37 bits per heavy atom. The molecule has 2 aromatic rings. The predicted octanol–water partition coefficient (Wildman–Crippen LogP) is 3.79. The molecule has 2 amide bonds. The van der Waals surface area contributed by atoms with Gasteiger partial charge in [0.2, 0.25) is 11.8 Å². The number of hydrogen-bond acceptors (Lipinski definition) is 2. The highest BCUT2D eigenvalue weighted by atomic mass is 19.4. The molecule has 1 heterocycles. The lowest BCUT2D eigenvalue weighted by atomic mass is 10.1. The molecule has 0 atom stereocenters. The van der Waals surface area contributed by atoms with Gasteiger partial charge in [0.05, 0.1) is 12.0 Å². The summed E-state index contributed by atoms with van der Waals surface area (Å²) in [5.74, 6) is -3.01. The van der Waals surface area contributed by atoms with Crippen LogP contribution in [0, 0.1) is 11.6 Å². The van der Waals surface area contributed by atoms with Crippen molar-refractivity contribution in [3.8, 4) is 0 Å². The van der Waals surface area contributed by atoms with Crippen LogP contribution in [0.3, 0.4) is 0 Å². The predicted molar refractivity (Wildman–Crippen MR) is 98.1 cm³/mol. The minimum absolute atomic E-state index is 0.0278. The van der Waals surface area contributed by atoms with Crippen molar-refractivity contribution < 1.29 is 31.5 Å². The van der Waals surface area contributed by atoms with E-state index in [2.05, 4.69) is 0 Å². The third kappa shape index (κ3) is 4.95. The summed E-state index contributed by atoms with van der Waals surface area (Å²) in [5.41, 5.74) is -0.928. The molecule has 0 N–H and O–H groups in total. The lowest BCUT2D eigenvalue weighted by molar-refractivity contribution is -0.139. The van der Waals surface area contributed by atoms with Crippen molar-refractivity contribution in [2.75, 3.05) is 19.6 Å². The molecular formula is C21H19F5N2O2. The average molecular weight is 426 g/mol. The number of hydrogen-bond donors (Lipinski definition) is 0. The van der Waals surface area contributed by atoms with Crippen LogP contribution in [-0.2, 0) is 28.7 Å². The Morgan fingerprint density at radius 2 is 1.63 bits per heavy atom. The Balaban J connectivity index is 1.68. The molecule has 0 bridgehead atoms. The second-order valence-electron chi connectivity index (χ2n) is 6.99. The summed E-state index contributed by atoms with van der Waals surface area (Å²) < 4.78 is 66.7. The van der Waals surface area contributed by atoms with Gasteiger partial charge in [0, 0.05) is 38.2 Å². The van der Waals surface area contributed by atoms with Crippen LogP contribution in [-0.4, -0.2) is 41.2 Å². The molecule has 0 spiro atoms. The zero-order valence-corrected chi connectivity index (χ0v) is 15.9. The van der Waals surface area contributed by atoms with Gasteiger partial charge in [0.25, 0.3) is 0 Å².